The Morgan fingerprint density at radius 1 is 0.900 bits per heavy atom. The van der Waals surface area contributed by atoms with Crippen LogP contribution in [0, 0.1) is 0 Å². The van der Waals surface area contributed by atoms with Crippen molar-refractivity contribution in [3.8, 4) is 17.2 Å². The van der Waals surface area contributed by atoms with Gasteiger partial charge in [0.25, 0.3) is 5.91 Å². The van der Waals surface area contributed by atoms with Crippen molar-refractivity contribution in [3.63, 3.8) is 0 Å². The molecule has 1 fully saturated rings. The molecular weight excluding hydrogens is 378 g/mol. The van der Waals surface area contributed by atoms with Crippen LogP contribution in [-0.2, 0) is 0 Å². The summed E-state index contributed by atoms with van der Waals surface area (Å²) in [5, 5.41) is 4.56. The maximum atomic E-state index is 13.4. The van der Waals surface area contributed by atoms with E-state index in [0.29, 0.717) is 5.69 Å². The van der Waals surface area contributed by atoms with Crippen LogP contribution in [0.4, 0.5) is 0 Å². The second kappa shape index (κ2) is 9.03. The van der Waals surface area contributed by atoms with Crippen LogP contribution in [0.25, 0.3) is 5.69 Å². The number of aromatic nitrogens is 2. The van der Waals surface area contributed by atoms with Crippen molar-refractivity contribution in [1.82, 2.24) is 14.7 Å². The van der Waals surface area contributed by atoms with E-state index in [4.69, 9.17) is 9.47 Å². The highest BCUT2D eigenvalue weighted by molar-refractivity contribution is 5.92. The number of ether oxygens (including phenoxy) is 2. The summed E-state index contributed by atoms with van der Waals surface area (Å²) in [6.07, 6.45) is 6.04. The number of carbonyl (C=O) groups is 1. The highest BCUT2D eigenvalue weighted by Gasteiger charge is 2.29. The Labute approximate surface area is 177 Å². The molecule has 0 spiro atoms. The van der Waals surface area contributed by atoms with Gasteiger partial charge in [-0.15, -0.1) is 0 Å². The molecule has 1 aliphatic heterocycles. The van der Waals surface area contributed by atoms with Gasteiger partial charge in [-0.25, -0.2) is 4.68 Å². The van der Waals surface area contributed by atoms with Gasteiger partial charge in [0.05, 0.1) is 25.9 Å². The number of benzene rings is 2. The van der Waals surface area contributed by atoms with Crippen molar-refractivity contribution in [3.05, 3.63) is 72.1 Å². The molecule has 30 heavy (non-hydrogen) atoms. The fourth-order valence-electron chi connectivity index (χ4n) is 3.99. The van der Waals surface area contributed by atoms with Crippen molar-refractivity contribution in [2.45, 2.75) is 31.7 Å². The minimum Gasteiger partial charge on any atom is -0.497 e. The molecule has 1 aromatic heterocycles. The van der Waals surface area contributed by atoms with Crippen molar-refractivity contribution in [2.75, 3.05) is 20.8 Å². The minimum atomic E-state index is -0.0232. The average molecular weight is 405 g/mol. The van der Waals surface area contributed by atoms with Crippen molar-refractivity contribution < 1.29 is 14.3 Å². The number of amides is 1. The van der Waals surface area contributed by atoms with Crippen LogP contribution >= 0.6 is 0 Å². The predicted octanol–water partition coefficient (Wildman–Crippen LogP) is 4.65. The quantitative estimate of drug-likeness (QED) is 0.620. The van der Waals surface area contributed by atoms with Gasteiger partial charge in [-0.05, 0) is 60.9 Å². The Bertz CT molecular complexity index is 980. The number of hydrogen-bond donors (Lipinski definition) is 0. The van der Waals surface area contributed by atoms with E-state index < -0.39 is 0 Å². The van der Waals surface area contributed by atoms with Crippen molar-refractivity contribution in [1.29, 1.82) is 0 Å². The fourth-order valence-corrected chi connectivity index (χ4v) is 3.99. The Morgan fingerprint density at radius 2 is 1.57 bits per heavy atom. The highest BCUT2D eigenvalue weighted by atomic mass is 16.5. The van der Waals surface area contributed by atoms with Crippen LogP contribution in [0.15, 0.2) is 60.8 Å². The van der Waals surface area contributed by atoms with E-state index in [9.17, 15) is 4.79 Å². The first kappa shape index (κ1) is 20.0. The number of carbonyl (C=O) groups excluding carboxylic acids is 1. The summed E-state index contributed by atoms with van der Waals surface area (Å²) < 4.78 is 12.2. The van der Waals surface area contributed by atoms with Gasteiger partial charge in [-0.3, -0.25) is 4.79 Å². The summed E-state index contributed by atoms with van der Waals surface area (Å²) in [5.41, 5.74) is 2.49. The zero-order chi connectivity index (χ0) is 20.9. The normalized spacial score (nSPS) is 16.7. The molecule has 3 aromatic rings. The van der Waals surface area contributed by atoms with Crippen LogP contribution in [0.5, 0.6) is 11.5 Å². The molecule has 6 heteroatoms. The molecule has 1 atom stereocenters. The Kier molecular flexibility index (Phi) is 6.02. The summed E-state index contributed by atoms with van der Waals surface area (Å²) in [7, 11) is 3.30. The minimum absolute atomic E-state index is 0.0232. The molecule has 156 valence electrons. The third-order valence-corrected chi connectivity index (χ3v) is 5.66. The lowest BCUT2D eigenvalue weighted by Gasteiger charge is -2.30. The van der Waals surface area contributed by atoms with Crippen LogP contribution in [-0.4, -0.2) is 41.4 Å². The molecule has 1 saturated heterocycles. The van der Waals surface area contributed by atoms with Gasteiger partial charge in [0.15, 0.2) is 5.69 Å². The van der Waals surface area contributed by atoms with Gasteiger partial charge in [0, 0.05) is 12.7 Å². The van der Waals surface area contributed by atoms with E-state index in [0.717, 1.165) is 55.0 Å². The van der Waals surface area contributed by atoms with Crippen LogP contribution < -0.4 is 9.47 Å². The summed E-state index contributed by atoms with van der Waals surface area (Å²) in [6, 6.07) is 17.5. The second-order valence-corrected chi connectivity index (χ2v) is 7.48. The molecule has 2 aromatic carbocycles. The van der Waals surface area contributed by atoms with Crippen LogP contribution in [0.3, 0.4) is 0 Å². The van der Waals surface area contributed by atoms with Crippen molar-refractivity contribution in [2.24, 2.45) is 0 Å². The maximum absolute atomic E-state index is 13.4. The van der Waals surface area contributed by atoms with E-state index in [2.05, 4.69) is 17.2 Å². The molecule has 1 unspecified atom stereocenters. The topological polar surface area (TPSA) is 56.6 Å². The van der Waals surface area contributed by atoms with E-state index in [1.54, 1.807) is 25.0 Å². The third kappa shape index (κ3) is 4.17. The average Bonchev–Trinajstić information content (AvgIpc) is 3.17. The Hall–Kier alpha value is -3.28. The largest absolute Gasteiger partial charge is 0.497 e. The first-order valence-electron chi connectivity index (χ1n) is 10.3. The van der Waals surface area contributed by atoms with Gasteiger partial charge in [0.2, 0.25) is 0 Å². The van der Waals surface area contributed by atoms with Crippen LogP contribution in [0.1, 0.15) is 47.8 Å². The van der Waals surface area contributed by atoms with E-state index >= 15 is 0 Å². The standard InChI is InChI=1S/C24H27N3O3/c1-29-20-11-7-18(8-12-20)23-6-4-3-5-16-26(23)24(28)22-15-17-27(25-22)19-9-13-21(30-2)14-10-19/h7-15,17,23H,3-6,16H2,1-2H3. The summed E-state index contributed by atoms with van der Waals surface area (Å²) in [4.78, 5) is 15.4. The molecule has 1 amide bonds. The van der Waals surface area contributed by atoms with Gasteiger partial charge in [-0.2, -0.15) is 5.10 Å². The van der Waals surface area contributed by atoms with Gasteiger partial charge in [0.1, 0.15) is 11.5 Å². The molecule has 4 rings (SSSR count). The number of likely N-dealkylation sites (tertiary alicyclic amines) is 1. The first-order valence-corrected chi connectivity index (χ1v) is 10.3. The summed E-state index contributed by atoms with van der Waals surface area (Å²) >= 11 is 0. The van der Waals surface area contributed by atoms with Crippen LogP contribution in [0.2, 0.25) is 0 Å². The van der Waals surface area contributed by atoms with E-state index in [1.807, 2.05) is 47.5 Å². The highest BCUT2D eigenvalue weighted by Crippen LogP contribution is 2.32. The number of methoxy groups -OCH3 is 2. The summed E-state index contributed by atoms with van der Waals surface area (Å²) in [6.45, 7) is 0.741. The first-order chi connectivity index (χ1) is 14.7. The molecule has 0 radical (unpaired) electrons. The smallest absolute Gasteiger partial charge is 0.274 e. The monoisotopic (exact) mass is 405 g/mol. The zero-order valence-electron chi connectivity index (χ0n) is 17.5. The Balaban J connectivity index is 1.58. The zero-order valence-corrected chi connectivity index (χ0v) is 17.5. The molecule has 2 heterocycles. The lowest BCUT2D eigenvalue weighted by atomic mass is 10.0. The van der Waals surface area contributed by atoms with Gasteiger partial charge in [-0.1, -0.05) is 25.0 Å². The second-order valence-electron chi connectivity index (χ2n) is 7.48. The molecular formula is C24H27N3O3. The molecule has 0 N–H and O–H groups in total. The predicted molar refractivity (Wildman–Crippen MR) is 115 cm³/mol. The summed E-state index contributed by atoms with van der Waals surface area (Å²) in [5.74, 6) is 1.59. The van der Waals surface area contributed by atoms with Crippen molar-refractivity contribution >= 4 is 5.91 Å². The van der Waals surface area contributed by atoms with Gasteiger partial charge >= 0.3 is 0 Å². The number of hydrogen-bond acceptors (Lipinski definition) is 4. The number of rotatable bonds is 5. The van der Waals surface area contributed by atoms with E-state index in [1.165, 1.54) is 0 Å². The number of nitrogens with zero attached hydrogens (tertiary/aromatic N) is 3. The molecule has 0 bridgehead atoms. The molecule has 0 saturated carbocycles. The lowest BCUT2D eigenvalue weighted by Crippen LogP contribution is -2.35. The molecule has 1 aliphatic rings. The third-order valence-electron chi connectivity index (χ3n) is 5.66. The maximum Gasteiger partial charge on any atom is 0.274 e. The molecule has 6 nitrogen and oxygen atoms in total. The fraction of sp³-hybridized carbons (Fsp3) is 0.333. The van der Waals surface area contributed by atoms with E-state index in [-0.39, 0.29) is 11.9 Å². The SMILES string of the molecule is COc1ccc(C2CCCCCN2C(=O)c2ccn(-c3ccc(OC)cc3)n2)cc1. The molecule has 0 aliphatic carbocycles. The van der Waals surface area contributed by atoms with Gasteiger partial charge < -0.3 is 14.4 Å². The Morgan fingerprint density at radius 3 is 2.23 bits per heavy atom. The lowest BCUT2D eigenvalue weighted by molar-refractivity contribution is 0.0674.